The fourth-order valence-corrected chi connectivity index (χ4v) is 3.60. The van der Waals surface area contributed by atoms with Crippen LogP contribution in [0.3, 0.4) is 0 Å². The van der Waals surface area contributed by atoms with Crippen molar-refractivity contribution in [3.63, 3.8) is 0 Å². The molecule has 3 rings (SSSR count). The monoisotopic (exact) mass is 363 g/mol. The Balaban J connectivity index is 1.53. The van der Waals surface area contributed by atoms with Gasteiger partial charge < -0.3 is 14.5 Å². The molecule has 2 aliphatic rings. The van der Waals surface area contributed by atoms with Gasteiger partial charge in [-0.05, 0) is 44.2 Å². The third-order valence-electron chi connectivity index (χ3n) is 5.08. The van der Waals surface area contributed by atoms with Gasteiger partial charge in [0.15, 0.2) is 5.76 Å². The highest BCUT2D eigenvalue weighted by atomic mass is 16.5. The first-order chi connectivity index (χ1) is 12.6. The quantitative estimate of drug-likeness (QED) is 0.848. The van der Waals surface area contributed by atoms with Gasteiger partial charge in [-0.15, -0.1) is 0 Å². The smallest absolute Gasteiger partial charge is 0.287 e. The maximum absolute atomic E-state index is 12.8. The molecule has 3 amide bonds. The SMILES string of the molecule is COC1CCC(C(=O)N2CCCN2C(=O)CNC(=O)c2ccco2)CC1. The summed E-state index contributed by atoms with van der Waals surface area (Å²) in [5.41, 5.74) is 0. The summed E-state index contributed by atoms with van der Waals surface area (Å²) in [5.74, 6) is -0.642. The molecule has 0 spiro atoms. The van der Waals surface area contributed by atoms with E-state index in [0.29, 0.717) is 13.1 Å². The van der Waals surface area contributed by atoms with Gasteiger partial charge in [-0.3, -0.25) is 19.4 Å². The van der Waals surface area contributed by atoms with Gasteiger partial charge in [-0.25, -0.2) is 5.01 Å². The molecule has 0 radical (unpaired) electrons. The van der Waals surface area contributed by atoms with Crippen molar-refractivity contribution in [2.45, 2.75) is 38.2 Å². The van der Waals surface area contributed by atoms with Crippen LogP contribution < -0.4 is 5.32 Å². The van der Waals surface area contributed by atoms with E-state index in [9.17, 15) is 14.4 Å². The second-order valence-electron chi connectivity index (χ2n) is 6.70. The van der Waals surface area contributed by atoms with Crippen LogP contribution in [-0.4, -0.2) is 60.6 Å². The minimum Gasteiger partial charge on any atom is -0.459 e. The number of carbonyl (C=O) groups excluding carboxylic acids is 3. The van der Waals surface area contributed by atoms with Gasteiger partial charge in [-0.2, -0.15) is 0 Å². The summed E-state index contributed by atoms with van der Waals surface area (Å²) in [6.45, 7) is 0.870. The maximum atomic E-state index is 12.8. The van der Waals surface area contributed by atoms with E-state index < -0.39 is 5.91 Å². The Morgan fingerprint density at radius 2 is 1.92 bits per heavy atom. The largest absolute Gasteiger partial charge is 0.459 e. The van der Waals surface area contributed by atoms with Crippen molar-refractivity contribution in [1.29, 1.82) is 0 Å². The van der Waals surface area contributed by atoms with Crippen molar-refractivity contribution >= 4 is 17.7 Å². The molecular formula is C18H25N3O5. The fraction of sp³-hybridized carbons (Fsp3) is 0.611. The normalized spacial score (nSPS) is 23.1. The van der Waals surface area contributed by atoms with E-state index in [1.807, 2.05) is 0 Å². The predicted octanol–water partition coefficient (Wildman–Crippen LogP) is 1.19. The number of hydrogen-bond donors (Lipinski definition) is 1. The molecular weight excluding hydrogens is 338 g/mol. The van der Waals surface area contributed by atoms with E-state index in [1.165, 1.54) is 17.3 Å². The van der Waals surface area contributed by atoms with E-state index in [4.69, 9.17) is 9.15 Å². The molecule has 1 aliphatic heterocycles. The first-order valence-corrected chi connectivity index (χ1v) is 9.06. The van der Waals surface area contributed by atoms with Gasteiger partial charge in [0.05, 0.1) is 18.9 Å². The Bertz CT molecular complexity index is 637. The van der Waals surface area contributed by atoms with Crippen LogP contribution in [0, 0.1) is 5.92 Å². The zero-order valence-corrected chi connectivity index (χ0v) is 15.0. The Kier molecular flexibility index (Phi) is 5.92. The topological polar surface area (TPSA) is 92.1 Å². The van der Waals surface area contributed by atoms with Crippen LogP contribution in [0.5, 0.6) is 0 Å². The number of nitrogens with one attached hydrogen (secondary N) is 1. The lowest BCUT2D eigenvalue weighted by atomic mass is 9.86. The van der Waals surface area contributed by atoms with Gasteiger partial charge in [0, 0.05) is 26.1 Å². The molecule has 8 nitrogen and oxygen atoms in total. The van der Waals surface area contributed by atoms with Crippen LogP contribution in [-0.2, 0) is 14.3 Å². The van der Waals surface area contributed by atoms with E-state index in [0.717, 1.165) is 32.1 Å². The molecule has 1 saturated carbocycles. The highest BCUT2D eigenvalue weighted by Crippen LogP contribution is 2.29. The average molecular weight is 363 g/mol. The molecule has 1 aromatic heterocycles. The second-order valence-corrected chi connectivity index (χ2v) is 6.70. The maximum Gasteiger partial charge on any atom is 0.287 e. The standard InChI is InChI=1S/C18H25N3O5/c1-25-14-7-5-13(6-8-14)18(24)21-10-3-9-20(21)16(22)12-19-17(23)15-4-2-11-26-15/h2,4,11,13-14H,3,5-10,12H2,1H3,(H,19,23). The summed E-state index contributed by atoms with van der Waals surface area (Å²) in [6, 6.07) is 3.14. The summed E-state index contributed by atoms with van der Waals surface area (Å²) in [6.07, 6.45) is 5.68. The minimum absolute atomic E-state index is 0.00256. The van der Waals surface area contributed by atoms with Crippen molar-refractivity contribution in [3.8, 4) is 0 Å². The number of rotatable bonds is 5. The number of furan rings is 1. The predicted molar refractivity (Wildman–Crippen MR) is 91.8 cm³/mol. The fourth-order valence-electron chi connectivity index (χ4n) is 3.60. The summed E-state index contributed by atoms with van der Waals surface area (Å²) < 4.78 is 10.3. The number of amides is 3. The average Bonchev–Trinajstić information content (AvgIpc) is 3.37. The number of methoxy groups -OCH3 is 1. The van der Waals surface area contributed by atoms with Crippen LogP contribution in [0.25, 0.3) is 0 Å². The molecule has 0 bridgehead atoms. The Hall–Kier alpha value is -2.35. The van der Waals surface area contributed by atoms with E-state index in [1.54, 1.807) is 18.2 Å². The van der Waals surface area contributed by atoms with Crippen molar-refractivity contribution in [1.82, 2.24) is 15.3 Å². The van der Waals surface area contributed by atoms with Gasteiger partial charge in [0.2, 0.25) is 5.91 Å². The third-order valence-corrected chi connectivity index (χ3v) is 5.08. The lowest BCUT2D eigenvalue weighted by molar-refractivity contribution is -0.161. The second kappa shape index (κ2) is 8.35. The number of hydrazine groups is 1. The molecule has 8 heteroatoms. The molecule has 0 unspecified atom stereocenters. The molecule has 1 aromatic rings. The van der Waals surface area contributed by atoms with E-state index >= 15 is 0 Å². The van der Waals surface area contributed by atoms with Crippen LogP contribution in [0.2, 0.25) is 0 Å². The summed E-state index contributed by atoms with van der Waals surface area (Å²) in [4.78, 5) is 37.2. The Morgan fingerprint density at radius 3 is 2.58 bits per heavy atom. The van der Waals surface area contributed by atoms with Crippen LogP contribution in [0.1, 0.15) is 42.7 Å². The first kappa shape index (κ1) is 18.4. The zero-order valence-electron chi connectivity index (χ0n) is 15.0. The van der Waals surface area contributed by atoms with Crippen LogP contribution in [0.15, 0.2) is 22.8 Å². The molecule has 26 heavy (non-hydrogen) atoms. The van der Waals surface area contributed by atoms with Gasteiger partial charge in [-0.1, -0.05) is 0 Å². The van der Waals surface area contributed by atoms with E-state index in [-0.39, 0.29) is 36.1 Å². The number of nitrogens with zero attached hydrogens (tertiary/aromatic N) is 2. The number of hydrogen-bond acceptors (Lipinski definition) is 5. The summed E-state index contributed by atoms with van der Waals surface area (Å²) in [5, 5.41) is 5.56. The Labute approximate surface area is 152 Å². The van der Waals surface area contributed by atoms with Crippen molar-refractivity contribution in [3.05, 3.63) is 24.2 Å². The zero-order chi connectivity index (χ0) is 18.5. The molecule has 0 atom stereocenters. The van der Waals surface area contributed by atoms with Gasteiger partial charge in [0.1, 0.15) is 0 Å². The highest BCUT2D eigenvalue weighted by molar-refractivity contribution is 5.94. The summed E-state index contributed by atoms with van der Waals surface area (Å²) >= 11 is 0. The molecule has 0 aromatic carbocycles. The van der Waals surface area contributed by atoms with Gasteiger partial charge >= 0.3 is 0 Å². The lowest BCUT2D eigenvalue weighted by Gasteiger charge is -2.33. The number of ether oxygens (including phenoxy) is 1. The van der Waals surface area contributed by atoms with Crippen molar-refractivity contribution < 1.29 is 23.5 Å². The molecule has 142 valence electrons. The molecule has 2 fully saturated rings. The molecule has 1 aliphatic carbocycles. The summed E-state index contributed by atoms with van der Waals surface area (Å²) in [7, 11) is 1.70. The van der Waals surface area contributed by atoms with Crippen LogP contribution in [0.4, 0.5) is 0 Å². The molecule has 1 saturated heterocycles. The van der Waals surface area contributed by atoms with Crippen LogP contribution >= 0.6 is 0 Å². The lowest BCUT2D eigenvalue weighted by Crippen LogP contribution is -2.50. The number of carbonyl (C=O) groups is 3. The first-order valence-electron chi connectivity index (χ1n) is 9.06. The van der Waals surface area contributed by atoms with Crippen molar-refractivity contribution in [2.24, 2.45) is 5.92 Å². The van der Waals surface area contributed by atoms with Crippen molar-refractivity contribution in [2.75, 3.05) is 26.7 Å². The third kappa shape index (κ3) is 4.07. The van der Waals surface area contributed by atoms with E-state index in [2.05, 4.69) is 5.32 Å². The highest BCUT2D eigenvalue weighted by Gasteiger charge is 2.36. The van der Waals surface area contributed by atoms with Gasteiger partial charge in [0.25, 0.3) is 11.8 Å². The minimum atomic E-state index is -0.446. The molecule has 2 heterocycles. The molecule has 1 N–H and O–H groups in total. The Morgan fingerprint density at radius 1 is 1.19 bits per heavy atom.